The van der Waals surface area contributed by atoms with E-state index in [9.17, 15) is 36.0 Å². The molecule has 11 nitrogen and oxygen atoms in total. The van der Waals surface area contributed by atoms with Crippen molar-refractivity contribution in [1.82, 2.24) is 25.1 Å². The van der Waals surface area contributed by atoms with Crippen molar-refractivity contribution in [3.63, 3.8) is 0 Å². The Balaban J connectivity index is 1.53. The van der Waals surface area contributed by atoms with Gasteiger partial charge < -0.3 is 10.6 Å². The summed E-state index contributed by atoms with van der Waals surface area (Å²) < 4.78 is 64.3. The number of hydrogen-bond acceptors (Lipinski definition) is 7. The molecule has 0 fully saturated rings. The van der Waals surface area contributed by atoms with Gasteiger partial charge in [0.15, 0.2) is 0 Å². The average molecular weight is 659 g/mol. The molecule has 1 heterocycles. The number of sulfone groups is 1. The zero-order valence-corrected chi connectivity index (χ0v) is 26.6. The molecule has 0 saturated carbocycles. The fourth-order valence-corrected chi connectivity index (χ4v) is 6.45. The molecule has 4 aromatic rings. The Morgan fingerprint density at radius 1 is 0.957 bits per heavy atom. The van der Waals surface area contributed by atoms with Crippen molar-refractivity contribution >= 4 is 27.3 Å². The maximum Gasteiger partial charge on any atom is 0.416 e. The van der Waals surface area contributed by atoms with Crippen LogP contribution in [0, 0.1) is 6.92 Å². The van der Waals surface area contributed by atoms with Crippen LogP contribution < -0.4 is 16.3 Å². The molecule has 2 amide bonds. The molecule has 244 valence electrons. The largest absolute Gasteiger partial charge is 0.416 e. The lowest BCUT2D eigenvalue weighted by Crippen LogP contribution is -2.48. The molecule has 1 aromatic heterocycles. The monoisotopic (exact) mass is 658 g/mol. The molecule has 46 heavy (non-hydrogen) atoms. The molecule has 0 unspecified atom stereocenters. The number of anilines is 1. The van der Waals surface area contributed by atoms with Crippen molar-refractivity contribution in [2.45, 2.75) is 52.4 Å². The number of tetrazole rings is 1. The van der Waals surface area contributed by atoms with Crippen LogP contribution >= 0.6 is 0 Å². The first kappa shape index (κ1) is 34.1. The third-order valence-electron chi connectivity index (χ3n) is 7.03. The summed E-state index contributed by atoms with van der Waals surface area (Å²) in [5.41, 5.74) is 0.119. The van der Waals surface area contributed by atoms with Crippen molar-refractivity contribution < 1.29 is 31.2 Å². The number of amides is 2. The highest BCUT2D eigenvalue weighted by Crippen LogP contribution is 2.29. The number of rotatable bonds is 10. The maximum atomic E-state index is 13.5. The maximum absolute atomic E-state index is 13.5. The van der Waals surface area contributed by atoms with E-state index in [-0.39, 0.29) is 29.1 Å². The first-order chi connectivity index (χ1) is 21.4. The lowest BCUT2D eigenvalue weighted by atomic mass is 9.96. The van der Waals surface area contributed by atoms with E-state index in [1.165, 1.54) is 6.07 Å². The van der Waals surface area contributed by atoms with Gasteiger partial charge in [0.05, 0.1) is 34.7 Å². The summed E-state index contributed by atoms with van der Waals surface area (Å²) in [4.78, 5) is 39.7. The minimum Gasteiger partial charge on any atom is -0.346 e. The third-order valence-corrected chi connectivity index (χ3v) is 8.27. The summed E-state index contributed by atoms with van der Waals surface area (Å²) >= 11 is 0. The molecule has 0 aliphatic heterocycles. The third kappa shape index (κ3) is 8.07. The molecule has 15 heteroatoms. The van der Waals surface area contributed by atoms with E-state index < -0.39 is 44.6 Å². The Hall–Kier alpha value is -4.79. The topological polar surface area (TPSA) is 145 Å². The molecule has 0 atom stereocenters. The number of benzene rings is 3. The van der Waals surface area contributed by atoms with Crippen LogP contribution in [0.15, 0.2) is 65.5 Å². The lowest BCUT2D eigenvalue weighted by Gasteiger charge is -2.26. The molecule has 2 N–H and O–H groups in total. The van der Waals surface area contributed by atoms with Crippen molar-refractivity contribution in [3.05, 3.63) is 105 Å². The molecule has 0 aliphatic rings. The van der Waals surface area contributed by atoms with Crippen LogP contribution in [0.3, 0.4) is 0 Å². The Bertz CT molecular complexity index is 1950. The molecule has 3 aromatic carbocycles. The van der Waals surface area contributed by atoms with E-state index in [1.807, 2.05) is 6.92 Å². The van der Waals surface area contributed by atoms with Gasteiger partial charge in [0.2, 0.25) is 0 Å². The number of carbonyl (C=O) groups excluding carboxylic acids is 2. The van der Waals surface area contributed by atoms with Crippen molar-refractivity contribution in [3.8, 4) is 5.69 Å². The fourth-order valence-electron chi connectivity index (χ4n) is 5.07. The number of halogens is 3. The second-order valence-corrected chi connectivity index (χ2v) is 13.7. The highest BCUT2D eigenvalue weighted by Gasteiger charge is 2.31. The van der Waals surface area contributed by atoms with Crippen LogP contribution in [0.5, 0.6) is 0 Å². The Kier molecular flexibility index (Phi) is 9.56. The lowest BCUT2D eigenvalue weighted by molar-refractivity contribution is -0.137. The minimum atomic E-state index is -4.51. The van der Waals surface area contributed by atoms with Crippen LogP contribution in [-0.4, -0.2) is 57.6 Å². The van der Waals surface area contributed by atoms with E-state index >= 15 is 0 Å². The summed E-state index contributed by atoms with van der Waals surface area (Å²) in [5.74, 6) is -1.41. The number of aryl methyl sites for hydroxylation is 2. The van der Waals surface area contributed by atoms with Crippen molar-refractivity contribution in [1.29, 1.82) is 0 Å². The van der Waals surface area contributed by atoms with Crippen molar-refractivity contribution in [2.75, 3.05) is 17.3 Å². The predicted molar refractivity (Wildman–Crippen MR) is 166 cm³/mol. The number of carbonyl (C=O) groups is 2. The molecule has 0 spiro atoms. The highest BCUT2D eigenvalue weighted by atomic mass is 32.2. The molecule has 0 bridgehead atoms. The summed E-state index contributed by atoms with van der Waals surface area (Å²) in [6, 6.07) is 13.9. The second-order valence-electron chi connectivity index (χ2n) is 11.6. The normalized spacial score (nSPS) is 12.2. The molecule has 4 rings (SSSR count). The fraction of sp³-hybridized carbons (Fsp3) is 0.323. The molecule has 0 radical (unpaired) electrons. The Morgan fingerprint density at radius 2 is 1.63 bits per heavy atom. The van der Waals surface area contributed by atoms with Gasteiger partial charge in [0, 0.05) is 17.5 Å². The van der Waals surface area contributed by atoms with E-state index in [4.69, 9.17) is 0 Å². The van der Waals surface area contributed by atoms with E-state index in [1.54, 1.807) is 51.1 Å². The van der Waals surface area contributed by atoms with Gasteiger partial charge in [-0.1, -0.05) is 31.2 Å². The summed E-state index contributed by atoms with van der Waals surface area (Å²) in [6.07, 6.45) is -2.98. The first-order valence-electron chi connectivity index (χ1n) is 14.1. The molecule has 0 saturated heterocycles. The summed E-state index contributed by atoms with van der Waals surface area (Å²) in [6.45, 7) is 6.76. The van der Waals surface area contributed by atoms with Crippen LogP contribution in [0.2, 0.25) is 0 Å². The first-order valence-corrected chi connectivity index (χ1v) is 16.2. The van der Waals surface area contributed by atoms with Gasteiger partial charge in [-0.2, -0.15) is 22.5 Å². The van der Waals surface area contributed by atoms with Gasteiger partial charge in [0.25, 0.3) is 11.8 Å². The predicted octanol–water partition coefficient (Wildman–Crippen LogP) is 4.17. The van der Waals surface area contributed by atoms with Crippen LogP contribution in [0.1, 0.15) is 63.7 Å². The zero-order chi connectivity index (χ0) is 34.0. The number of nitrogens with zero attached hydrogens (tertiary/aromatic N) is 4. The minimum absolute atomic E-state index is 0.000659. The molecule has 0 aliphatic carbocycles. The average Bonchev–Trinajstić information content (AvgIpc) is 3.31. The van der Waals surface area contributed by atoms with E-state index in [0.717, 1.165) is 39.9 Å². The van der Waals surface area contributed by atoms with Crippen LogP contribution in [0.4, 0.5) is 18.9 Å². The summed E-state index contributed by atoms with van der Waals surface area (Å²) in [7, 11) is -3.40. The quantitative estimate of drug-likeness (QED) is 0.260. The van der Waals surface area contributed by atoms with Gasteiger partial charge in [-0.25, -0.2) is 13.2 Å². The Labute approximate surface area is 263 Å². The van der Waals surface area contributed by atoms with Gasteiger partial charge in [-0.05, 0) is 90.7 Å². The van der Waals surface area contributed by atoms with Gasteiger partial charge in [-0.3, -0.25) is 9.59 Å². The van der Waals surface area contributed by atoms with E-state index in [0.29, 0.717) is 28.8 Å². The number of aromatic nitrogens is 4. The SMILES string of the molecule is CCc1cccc(C(=O)Nc2ccc(Cn3nnn(-c4ccc(C(F)(F)F)cc4)c3=O)cc2C)c1C(=O)NC(C)(C)CS(C)(=O)=O. The zero-order valence-electron chi connectivity index (χ0n) is 25.8. The molecular weight excluding hydrogens is 625 g/mol. The second kappa shape index (κ2) is 12.9. The van der Waals surface area contributed by atoms with Crippen molar-refractivity contribution in [2.24, 2.45) is 0 Å². The van der Waals surface area contributed by atoms with Crippen LogP contribution in [-0.2, 0) is 29.0 Å². The van der Waals surface area contributed by atoms with Gasteiger partial charge in [-0.15, -0.1) is 0 Å². The molecular formula is C31H33F3N6O5S. The number of nitrogens with one attached hydrogen (secondary N) is 2. The van der Waals surface area contributed by atoms with E-state index in [2.05, 4.69) is 21.1 Å². The van der Waals surface area contributed by atoms with Gasteiger partial charge in [0.1, 0.15) is 9.84 Å². The van der Waals surface area contributed by atoms with Crippen LogP contribution in [0.25, 0.3) is 5.69 Å². The summed E-state index contributed by atoms with van der Waals surface area (Å²) in [5, 5.41) is 13.2. The number of alkyl halides is 3. The Morgan fingerprint density at radius 3 is 2.22 bits per heavy atom. The smallest absolute Gasteiger partial charge is 0.346 e. The standard InChI is InChI=1S/C31H33F3N6O5S/c1-6-21-8-7-9-24(26(21)28(42)36-30(3,4)18-46(5,44)45)27(41)35-25-15-10-20(16-19(25)2)17-39-29(43)40(38-37-39)23-13-11-22(12-14-23)31(32,33)34/h7-16H,6,17-18H2,1-5H3,(H,35,41)(H,36,42). The highest BCUT2D eigenvalue weighted by molar-refractivity contribution is 7.90. The van der Waals surface area contributed by atoms with Gasteiger partial charge >= 0.3 is 11.9 Å². The number of hydrogen-bond donors (Lipinski definition) is 2.